The molecule has 0 aliphatic carbocycles. The molecule has 5 heteroatoms. The smallest absolute Gasteiger partial charge is 0.226 e. The number of amides is 2. The van der Waals surface area contributed by atoms with Gasteiger partial charge >= 0.3 is 0 Å². The first-order chi connectivity index (χ1) is 9.54. The largest absolute Gasteiger partial charge is 0.370 e. The highest BCUT2D eigenvalue weighted by Crippen LogP contribution is 2.20. The Bertz CT molecular complexity index is 496. The Morgan fingerprint density at radius 2 is 2.00 bits per heavy atom. The Labute approximate surface area is 117 Å². The number of likely N-dealkylation sites (tertiary alicyclic amines) is 1. The van der Waals surface area contributed by atoms with Gasteiger partial charge in [0.25, 0.3) is 0 Å². The van der Waals surface area contributed by atoms with Crippen LogP contribution in [0.5, 0.6) is 0 Å². The summed E-state index contributed by atoms with van der Waals surface area (Å²) in [5.41, 5.74) is 5.87. The maximum absolute atomic E-state index is 13.1. The molecule has 1 aliphatic heterocycles. The van der Waals surface area contributed by atoms with Crippen LogP contribution in [0.25, 0.3) is 0 Å². The topological polar surface area (TPSA) is 63.4 Å². The molecule has 0 spiro atoms. The number of carbonyl (C=O) groups is 2. The summed E-state index contributed by atoms with van der Waals surface area (Å²) in [7, 11) is 0. The molecule has 1 saturated heterocycles. The van der Waals surface area contributed by atoms with Crippen molar-refractivity contribution in [1.29, 1.82) is 0 Å². The van der Waals surface area contributed by atoms with Gasteiger partial charge in [0.1, 0.15) is 5.82 Å². The van der Waals surface area contributed by atoms with Crippen molar-refractivity contribution in [3.63, 3.8) is 0 Å². The number of nitrogens with zero attached hydrogens (tertiary/aromatic N) is 1. The fourth-order valence-corrected chi connectivity index (χ4v) is 2.60. The standard InChI is InChI=1S/C15H19FN2O2/c16-13-3-1-2-12(8-13)10-15(20)18-6-4-11(5-7-18)9-14(17)19/h1-3,8,11H,4-7,9-10H2,(H2,17,19). The molecule has 2 rings (SSSR count). The minimum Gasteiger partial charge on any atom is -0.370 e. The third kappa shape index (κ3) is 4.05. The zero-order chi connectivity index (χ0) is 14.5. The molecule has 1 fully saturated rings. The van der Waals surface area contributed by atoms with E-state index in [-0.39, 0.29) is 30.0 Å². The third-order valence-electron chi connectivity index (χ3n) is 3.70. The van der Waals surface area contributed by atoms with E-state index in [0.717, 1.165) is 12.8 Å². The SMILES string of the molecule is NC(=O)CC1CCN(C(=O)Cc2cccc(F)c2)CC1. The predicted octanol–water partition coefficient (Wildman–Crippen LogP) is 1.48. The van der Waals surface area contributed by atoms with Crippen molar-refractivity contribution in [2.75, 3.05) is 13.1 Å². The fraction of sp³-hybridized carbons (Fsp3) is 0.467. The zero-order valence-electron chi connectivity index (χ0n) is 11.3. The van der Waals surface area contributed by atoms with Crippen molar-refractivity contribution in [3.05, 3.63) is 35.6 Å². The molecule has 108 valence electrons. The predicted molar refractivity (Wildman–Crippen MR) is 73.2 cm³/mol. The first-order valence-corrected chi connectivity index (χ1v) is 6.85. The van der Waals surface area contributed by atoms with Crippen LogP contribution in [0.15, 0.2) is 24.3 Å². The van der Waals surface area contributed by atoms with Crippen molar-refractivity contribution in [2.45, 2.75) is 25.7 Å². The Morgan fingerprint density at radius 3 is 2.60 bits per heavy atom. The molecule has 1 aromatic carbocycles. The van der Waals surface area contributed by atoms with E-state index in [1.54, 1.807) is 17.0 Å². The molecule has 0 radical (unpaired) electrons. The van der Waals surface area contributed by atoms with Crippen LogP contribution in [-0.2, 0) is 16.0 Å². The summed E-state index contributed by atoms with van der Waals surface area (Å²) in [5.74, 6) is -0.316. The lowest BCUT2D eigenvalue weighted by molar-refractivity contribution is -0.131. The average Bonchev–Trinajstić information content (AvgIpc) is 2.38. The first-order valence-electron chi connectivity index (χ1n) is 6.85. The number of rotatable bonds is 4. The molecular weight excluding hydrogens is 259 g/mol. The Kier molecular flexibility index (Phi) is 4.71. The summed E-state index contributed by atoms with van der Waals surface area (Å²) >= 11 is 0. The highest BCUT2D eigenvalue weighted by molar-refractivity contribution is 5.79. The lowest BCUT2D eigenvalue weighted by atomic mass is 9.93. The normalized spacial score (nSPS) is 16.1. The van der Waals surface area contributed by atoms with Crippen LogP contribution in [-0.4, -0.2) is 29.8 Å². The quantitative estimate of drug-likeness (QED) is 0.906. The van der Waals surface area contributed by atoms with E-state index in [1.165, 1.54) is 12.1 Å². The van der Waals surface area contributed by atoms with Gasteiger partial charge in [0.2, 0.25) is 11.8 Å². The number of halogens is 1. The lowest BCUT2D eigenvalue weighted by Crippen LogP contribution is -2.40. The molecule has 1 aliphatic rings. The lowest BCUT2D eigenvalue weighted by Gasteiger charge is -2.31. The number of benzene rings is 1. The second-order valence-corrected chi connectivity index (χ2v) is 5.30. The van der Waals surface area contributed by atoms with Crippen LogP contribution in [0.4, 0.5) is 4.39 Å². The molecule has 0 atom stereocenters. The molecule has 0 bridgehead atoms. The van der Waals surface area contributed by atoms with Gasteiger partial charge in [-0.2, -0.15) is 0 Å². The molecular formula is C15H19FN2O2. The van der Waals surface area contributed by atoms with E-state index in [1.807, 2.05) is 0 Å². The molecule has 0 aromatic heterocycles. The monoisotopic (exact) mass is 278 g/mol. The van der Waals surface area contributed by atoms with Crippen LogP contribution in [0.2, 0.25) is 0 Å². The third-order valence-corrected chi connectivity index (χ3v) is 3.70. The van der Waals surface area contributed by atoms with Crippen LogP contribution < -0.4 is 5.73 Å². The van der Waals surface area contributed by atoms with Gasteiger partial charge < -0.3 is 10.6 Å². The second kappa shape index (κ2) is 6.50. The summed E-state index contributed by atoms with van der Waals surface area (Å²) in [6.07, 6.45) is 2.22. The van der Waals surface area contributed by atoms with Crippen molar-refractivity contribution >= 4 is 11.8 Å². The number of carbonyl (C=O) groups excluding carboxylic acids is 2. The van der Waals surface area contributed by atoms with Gasteiger partial charge in [-0.3, -0.25) is 9.59 Å². The fourth-order valence-electron chi connectivity index (χ4n) is 2.60. The van der Waals surface area contributed by atoms with E-state index >= 15 is 0 Å². The van der Waals surface area contributed by atoms with E-state index in [9.17, 15) is 14.0 Å². The maximum Gasteiger partial charge on any atom is 0.226 e. The second-order valence-electron chi connectivity index (χ2n) is 5.30. The highest BCUT2D eigenvalue weighted by atomic mass is 19.1. The minimum absolute atomic E-state index is 0.00752. The van der Waals surface area contributed by atoms with Crippen LogP contribution in [0.3, 0.4) is 0 Å². The van der Waals surface area contributed by atoms with E-state index in [4.69, 9.17) is 5.73 Å². The van der Waals surface area contributed by atoms with Crippen LogP contribution >= 0.6 is 0 Å². The van der Waals surface area contributed by atoms with Gasteiger partial charge in [-0.15, -0.1) is 0 Å². The number of nitrogens with two attached hydrogens (primary N) is 1. The summed E-state index contributed by atoms with van der Waals surface area (Å²) in [4.78, 5) is 24.8. The average molecular weight is 278 g/mol. The number of primary amides is 1. The van der Waals surface area contributed by atoms with Crippen molar-refractivity contribution in [3.8, 4) is 0 Å². The van der Waals surface area contributed by atoms with Crippen molar-refractivity contribution in [1.82, 2.24) is 4.90 Å². The van der Waals surface area contributed by atoms with Crippen LogP contribution in [0, 0.1) is 11.7 Å². The molecule has 2 amide bonds. The Balaban J connectivity index is 1.84. The molecule has 2 N–H and O–H groups in total. The van der Waals surface area contributed by atoms with Gasteiger partial charge in [0.15, 0.2) is 0 Å². The van der Waals surface area contributed by atoms with Gasteiger partial charge in [-0.25, -0.2) is 4.39 Å². The molecule has 0 saturated carbocycles. The zero-order valence-corrected chi connectivity index (χ0v) is 11.3. The van der Waals surface area contributed by atoms with Gasteiger partial charge in [0.05, 0.1) is 6.42 Å². The number of hydrogen-bond acceptors (Lipinski definition) is 2. The molecule has 20 heavy (non-hydrogen) atoms. The summed E-state index contributed by atoms with van der Waals surface area (Å²) in [6, 6.07) is 6.11. The van der Waals surface area contributed by atoms with Crippen LogP contribution in [0.1, 0.15) is 24.8 Å². The minimum atomic E-state index is -0.324. The number of piperidine rings is 1. The van der Waals surface area contributed by atoms with E-state index < -0.39 is 0 Å². The van der Waals surface area contributed by atoms with E-state index in [0.29, 0.717) is 25.1 Å². The van der Waals surface area contributed by atoms with Gasteiger partial charge in [-0.05, 0) is 36.5 Å². The highest BCUT2D eigenvalue weighted by Gasteiger charge is 2.23. The Morgan fingerprint density at radius 1 is 1.30 bits per heavy atom. The summed E-state index contributed by atoms with van der Waals surface area (Å²) in [5, 5.41) is 0. The maximum atomic E-state index is 13.1. The first kappa shape index (κ1) is 14.5. The number of hydrogen-bond donors (Lipinski definition) is 1. The molecule has 0 unspecified atom stereocenters. The van der Waals surface area contributed by atoms with Gasteiger partial charge in [0, 0.05) is 19.5 Å². The Hall–Kier alpha value is -1.91. The molecule has 1 aromatic rings. The van der Waals surface area contributed by atoms with Crippen molar-refractivity contribution < 1.29 is 14.0 Å². The summed E-state index contributed by atoms with van der Waals surface area (Å²) in [6.45, 7) is 1.29. The molecule has 1 heterocycles. The van der Waals surface area contributed by atoms with Gasteiger partial charge in [-0.1, -0.05) is 12.1 Å². The molecule has 4 nitrogen and oxygen atoms in total. The van der Waals surface area contributed by atoms with E-state index in [2.05, 4.69) is 0 Å². The van der Waals surface area contributed by atoms with Crippen molar-refractivity contribution in [2.24, 2.45) is 11.7 Å². The summed E-state index contributed by atoms with van der Waals surface area (Å²) < 4.78 is 13.1.